The first kappa shape index (κ1) is 14.5. The van der Waals surface area contributed by atoms with Crippen LogP contribution in [-0.2, 0) is 9.53 Å². The molecule has 1 N–H and O–H groups in total. The van der Waals surface area contributed by atoms with E-state index in [1.165, 1.54) is 19.2 Å². The predicted octanol–water partition coefficient (Wildman–Crippen LogP) is 1.41. The summed E-state index contributed by atoms with van der Waals surface area (Å²) in [4.78, 5) is 26.4. The summed E-state index contributed by atoms with van der Waals surface area (Å²) in [6.07, 6.45) is 1.04. The number of rotatable bonds is 2. The fraction of sp³-hybridized carbons (Fsp3) is 0.538. The molecular weight excluding hydrogens is 264 g/mol. The molecule has 20 heavy (non-hydrogen) atoms. The van der Waals surface area contributed by atoms with Crippen LogP contribution in [0.1, 0.15) is 32.4 Å². The number of nitrogens with zero attached hydrogens (tertiary/aromatic N) is 2. The standard InChI is InChI=1S/C13H16N2O5/c1-7-11(20-8(2)13(3,17)12(7)16)9-4-5-14-6-10(9)15(18)19/h4-8,11,17H,1-3H3/t7-,8+,11+,13+/m0/s1. The topological polar surface area (TPSA) is 103 Å². The van der Waals surface area contributed by atoms with Crippen molar-refractivity contribution in [2.24, 2.45) is 5.92 Å². The molecule has 2 heterocycles. The van der Waals surface area contributed by atoms with Gasteiger partial charge in [-0.25, -0.2) is 0 Å². The van der Waals surface area contributed by atoms with Gasteiger partial charge in [-0.1, -0.05) is 6.92 Å². The minimum Gasteiger partial charge on any atom is -0.380 e. The van der Waals surface area contributed by atoms with Crippen LogP contribution in [-0.4, -0.2) is 32.5 Å². The van der Waals surface area contributed by atoms with Crippen molar-refractivity contribution in [1.82, 2.24) is 4.98 Å². The molecule has 108 valence electrons. The van der Waals surface area contributed by atoms with Gasteiger partial charge in [0.1, 0.15) is 11.8 Å². The Morgan fingerprint density at radius 3 is 2.75 bits per heavy atom. The van der Waals surface area contributed by atoms with Crippen molar-refractivity contribution in [3.05, 3.63) is 34.1 Å². The molecule has 1 aliphatic rings. The monoisotopic (exact) mass is 280 g/mol. The number of ketones is 1. The minimum atomic E-state index is -1.59. The van der Waals surface area contributed by atoms with Crippen molar-refractivity contribution in [2.45, 2.75) is 38.6 Å². The number of Topliss-reactive ketones (excluding diaryl/α,β-unsaturated/α-hetero) is 1. The number of pyridine rings is 1. The third-order valence-corrected chi connectivity index (χ3v) is 3.84. The first-order chi connectivity index (χ1) is 9.26. The van der Waals surface area contributed by atoms with E-state index < -0.39 is 28.7 Å². The van der Waals surface area contributed by atoms with Gasteiger partial charge in [-0.2, -0.15) is 0 Å². The zero-order chi connectivity index (χ0) is 15.1. The molecule has 1 aromatic rings. The Morgan fingerprint density at radius 1 is 1.50 bits per heavy atom. The number of nitro groups is 1. The normalized spacial score (nSPS) is 34.0. The van der Waals surface area contributed by atoms with Gasteiger partial charge in [0.2, 0.25) is 0 Å². The summed E-state index contributed by atoms with van der Waals surface area (Å²) in [6.45, 7) is 4.56. The molecule has 1 fully saturated rings. The Hall–Kier alpha value is -1.86. The maximum absolute atomic E-state index is 12.2. The lowest BCUT2D eigenvalue weighted by molar-refractivity contribution is -0.386. The molecule has 7 nitrogen and oxygen atoms in total. The molecule has 0 radical (unpaired) electrons. The smallest absolute Gasteiger partial charge is 0.293 e. The van der Waals surface area contributed by atoms with Crippen molar-refractivity contribution in [2.75, 3.05) is 0 Å². The largest absolute Gasteiger partial charge is 0.380 e. The van der Waals surface area contributed by atoms with Gasteiger partial charge in [-0.3, -0.25) is 19.9 Å². The molecule has 1 aliphatic heterocycles. The number of hydrogen-bond donors (Lipinski definition) is 1. The van der Waals surface area contributed by atoms with Crippen LogP contribution in [0.4, 0.5) is 5.69 Å². The molecule has 0 saturated carbocycles. The summed E-state index contributed by atoms with van der Waals surface area (Å²) in [6, 6.07) is 1.47. The first-order valence-electron chi connectivity index (χ1n) is 6.27. The van der Waals surface area contributed by atoms with Crippen LogP contribution in [0.5, 0.6) is 0 Å². The molecule has 0 spiro atoms. The van der Waals surface area contributed by atoms with Gasteiger partial charge in [0.05, 0.1) is 22.7 Å². The fourth-order valence-electron chi connectivity index (χ4n) is 2.40. The second kappa shape index (κ2) is 4.92. The third kappa shape index (κ3) is 2.19. The summed E-state index contributed by atoms with van der Waals surface area (Å²) in [5.41, 5.74) is -1.48. The van der Waals surface area contributed by atoms with E-state index in [-0.39, 0.29) is 11.5 Å². The highest BCUT2D eigenvalue weighted by Gasteiger charge is 2.49. The van der Waals surface area contributed by atoms with E-state index in [2.05, 4.69) is 4.98 Å². The summed E-state index contributed by atoms with van der Waals surface area (Å²) in [5.74, 6) is -1.06. The Bertz CT molecular complexity index is 557. The molecule has 0 aromatic carbocycles. The van der Waals surface area contributed by atoms with Gasteiger partial charge in [0.15, 0.2) is 5.78 Å². The summed E-state index contributed by atoms with van der Waals surface area (Å²) >= 11 is 0. The SMILES string of the molecule is C[C@@H]1C(=O)[C@](C)(O)[C@@H](C)O[C@H]1c1ccncc1[N+](=O)[O-]. The molecule has 0 amide bonds. The van der Waals surface area contributed by atoms with Crippen molar-refractivity contribution < 1.29 is 19.6 Å². The Kier molecular flexibility index (Phi) is 3.58. The predicted molar refractivity (Wildman–Crippen MR) is 69.0 cm³/mol. The number of ether oxygens (including phenoxy) is 1. The van der Waals surface area contributed by atoms with E-state index in [1.54, 1.807) is 13.8 Å². The molecule has 2 rings (SSSR count). The quantitative estimate of drug-likeness (QED) is 0.649. The highest BCUT2D eigenvalue weighted by Crippen LogP contribution is 2.41. The Morgan fingerprint density at radius 2 is 2.15 bits per heavy atom. The van der Waals surface area contributed by atoms with E-state index in [1.807, 2.05) is 0 Å². The second-order valence-corrected chi connectivity index (χ2v) is 5.19. The van der Waals surface area contributed by atoms with Gasteiger partial charge in [0, 0.05) is 12.1 Å². The summed E-state index contributed by atoms with van der Waals surface area (Å²) in [7, 11) is 0. The lowest BCUT2D eigenvalue weighted by atomic mass is 9.79. The summed E-state index contributed by atoms with van der Waals surface area (Å²) < 4.78 is 5.66. The maximum atomic E-state index is 12.2. The zero-order valence-electron chi connectivity index (χ0n) is 11.4. The fourth-order valence-corrected chi connectivity index (χ4v) is 2.40. The summed E-state index contributed by atoms with van der Waals surface area (Å²) in [5, 5.41) is 21.1. The van der Waals surface area contributed by atoms with E-state index in [4.69, 9.17) is 4.74 Å². The number of aliphatic hydroxyl groups is 1. The van der Waals surface area contributed by atoms with Crippen molar-refractivity contribution in [3.8, 4) is 0 Å². The van der Waals surface area contributed by atoms with E-state index in [9.17, 15) is 20.0 Å². The highest BCUT2D eigenvalue weighted by molar-refractivity contribution is 5.90. The molecule has 0 bridgehead atoms. The number of carbonyl (C=O) groups is 1. The van der Waals surface area contributed by atoms with Gasteiger partial charge >= 0.3 is 0 Å². The molecule has 4 atom stereocenters. The van der Waals surface area contributed by atoms with Gasteiger partial charge in [0.25, 0.3) is 5.69 Å². The Balaban J connectivity index is 2.44. The zero-order valence-corrected chi connectivity index (χ0v) is 11.4. The van der Waals surface area contributed by atoms with E-state index in [0.717, 1.165) is 6.20 Å². The van der Waals surface area contributed by atoms with Crippen LogP contribution < -0.4 is 0 Å². The minimum absolute atomic E-state index is 0.189. The lowest BCUT2D eigenvalue weighted by Gasteiger charge is -2.41. The van der Waals surface area contributed by atoms with Gasteiger partial charge in [-0.15, -0.1) is 0 Å². The second-order valence-electron chi connectivity index (χ2n) is 5.19. The molecular formula is C13H16N2O5. The van der Waals surface area contributed by atoms with Crippen LogP contribution >= 0.6 is 0 Å². The third-order valence-electron chi connectivity index (χ3n) is 3.84. The molecule has 1 saturated heterocycles. The van der Waals surface area contributed by atoms with Crippen molar-refractivity contribution in [3.63, 3.8) is 0 Å². The number of aromatic nitrogens is 1. The van der Waals surface area contributed by atoms with Crippen LogP contribution in [0.3, 0.4) is 0 Å². The van der Waals surface area contributed by atoms with Crippen LogP contribution in [0, 0.1) is 16.0 Å². The number of carbonyl (C=O) groups excluding carboxylic acids is 1. The van der Waals surface area contributed by atoms with Crippen molar-refractivity contribution in [1.29, 1.82) is 0 Å². The molecule has 0 aliphatic carbocycles. The van der Waals surface area contributed by atoms with Crippen LogP contribution in [0.2, 0.25) is 0 Å². The van der Waals surface area contributed by atoms with Gasteiger partial charge < -0.3 is 9.84 Å². The maximum Gasteiger partial charge on any atom is 0.293 e. The molecule has 7 heteroatoms. The average Bonchev–Trinajstić information content (AvgIpc) is 2.41. The Labute approximate surface area is 115 Å². The first-order valence-corrected chi connectivity index (χ1v) is 6.27. The van der Waals surface area contributed by atoms with Crippen molar-refractivity contribution >= 4 is 11.5 Å². The van der Waals surface area contributed by atoms with Gasteiger partial charge in [-0.05, 0) is 19.9 Å². The number of hydrogen-bond acceptors (Lipinski definition) is 6. The average molecular weight is 280 g/mol. The van der Waals surface area contributed by atoms with Crippen LogP contribution in [0.25, 0.3) is 0 Å². The van der Waals surface area contributed by atoms with E-state index in [0.29, 0.717) is 5.56 Å². The highest BCUT2D eigenvalue weighted by atomic mass is 16.6. The molecule has 0 unspecified atom stereocenters. The molecule has 1 aromatic heterocycles. The lowest BCUT2D eigenvalue weighted by Crippen LogP contribution is -2.55. The van der Waals surface area contributed by atoms with E-state index >= 15 is 0 Å². The van der Waals surface area contributed by atoms with Crippen LogP contribution in [0.15, 0.2) is 18.5 Å².